The zero-order valence-electron chi connectivity index (χ0n) is 20.6. The Bertz CT molecular complexity index is 1440. The number of nitrogens with zero attached hydrogens (tertiary/aromatic N) is 4. The highest BCUT2D eigenvalue weighted by Crippen LogP contribution is 2.29. The molecule has 0 radical (unpaired) electrons. The van der Waals surface area contributed by atoms with E-state index in [-0.39, 0.29) is 11.6 Å². The standard InChI is InChI=1S/C27H25ClN4O5/c1-30(15-14-18-8-13-25(36-2)26(16-18)37-3)27(33)24-17-22(19-9-11-20(12-10-19)32(34)35)29-31(24)23-7-5-4-6-21(23)28/h4-13,16-17H,14-15H2,1-3H3. The van der Waals surface area contributed by atoms with E-state index in [2.05, 4.69) is 5.10 Å². The van der Waals surface area contributed by atoms with E-state index in [1.165, 1.54) is 16.8 Å². The highest BCUT2D eigenvalue weighted by molar-refractivity contribution is 6.32. The van der Waals surface area contributed by atoms with Gasteiger partial charge in [-0.05, 0) is 54.4 Å². The highest BCUT2D eigenvalue weighted by atomic mass is 35.5. The van der Waals surface area contributed by atoms with Crippen LogP contribution < -0.4 is 9.47 Å². The molecule has 0 spiro atoms. The molecule has 1 amide bonds. The van der Waals surface area contributed by atoms with E-state index in [0.717, 1.165) is 5.56 Å². The van der Waals surface area contributed by atoms with E-state index in [1.54, 1.807) is 62.6 Å². The van der Waals surface area contributed by atoms with Gasteiger partial charge in [0.25, 0.3) is 11.6 Å². The maximum atomic E-state index is 13.6. The molecule has 0 unspecified atom stereocenters. The summed E-state index contributed by atoms with van der Waals surface area (Å²) < 4.78 is 12.2. The lowest BCUT2D eigenvalue weighted by molar-refractivity contribution is -0.384. The fourth-order valence-corrected chi connectivity index (χ4v) is 4.08. The number of hydrogen-bond donors (Lipinski definition) is 0. The molecule has 0 saturated heterocycles. The van der Waals surface area contributed by atoms with Crippen molar-refractivity contribution < 1.29 is 19.2 Å². The number of amides is 1. The van der Waals surface area contributed by atoms with Crippen molar-refractivity contribution in [3.8, 4) is 28.4 Å². The number of carbonyl (C=O) groups excluding carboxylic acids is 1. The van der Waals surface area contributed by atoms with Gasteiger partial charge in [0.05, 0.1) is 35.5 Å². The van der Waals surface area contributed by atoms with E-state index < -0.39 is 4.92 Å². The largest absolute Gasteiger partial charge is 0.493 e. The van der Waals surface area contributed by atoms with Crippen molar-refractivity contribution in [3.05, 3.63) is 99.2 Å². The van der Waals surface area contributed by atoms with E-state index in [0.29, 0.717) is 52.1 Å². The van der Waals surface area contributed by atoms with Crippen molar-refractivity contribution in [2.24, 2.45) is 0 Å². The van der Waals surface area contributed by atoms with Gasteiger partial charge in [-0.2, -0.15) is 5.10 Å². The molecule has 37 heavy (non-hydrogen) atoms. The third-order valence-corrected chi connectivity index (χ3v) is 6.23. The zero-order valence-corrected chi connectivity index (χ0v) is 21.3. The molecule has 10 heteroatoms. The van der Waals surface area contributed by atoms with Crippen LogP contribution in [0.15, 0.2) is 72.8 Å². The summed E-state index contributed by atoms with van der Waals surface area (Å²) in [7, 11) is 4.88. The van der Waals surface area contributed by atoms with Crippen LogP contribution in [0, 0.1) is 10.1 Å². The smallest absolute Gasteiger partial charge is 0.272 e. The van der Waals surface area contributed by atoms with Gasteiger partial charge in [-0.3, -0.25) is 14.9 Å². The average molecular weight is 521 g/mol. The lowest BCUT2D eigenvalue weighted by Crippen LogP contribution is -2.30. The minimum atomic E-state index is -0.464. The maximum Gasteiger partial charge on any atom is 0.272 e. The molecule has 9 nitrogen and oxygen atoms in total. The molecule has 190 valence electrons. The third kappa shape index (κ3) is 5.57. The Kier molecular flexibility index (Phi) is 7.74. The summed E-state index contributed by atoms with van der Waals surface area (Å²) in [5.41, 5.74) is 2.96. The van der Waals surface area contributed by atoms with Gasteiger partial charge in [0, 0.05) is 31.3 Å². The molecule has 0 aliphatic heterocycles. The number of aromatic nitrogens is 2. The minimum absolute atomic E-state index is 0.0273. The first-order valence-corrected chi connectivity index (χ1v) is 11.8. The first kappa shape index (κ1) is 25.7. The number of likely N-dealkylation sites (N-methyl/N-ethyl adjacent to an activating group) is 1. The molecule has 0 atom stereocenters. The van der Waals surface area contributed by atoms with Gasteiger partial charge in [0.2, 0.25) is 0 Å². The van der Waals surface area contributed by atoms with Gasteiger partial charge < -0.3 is 14.4 Å². The summed E-state index contributed by atoms with van der Waals surface area (Å²) in [6.45, 7) is 0.439. The maximum absolute atomic E-state index is 13.6. The molecule has 4 aromatic rings. The molecular weight excluding hydrogens is 496 g/mol. The predicted molar refractivity (Wildman–Crippen MR) is 141 cm³/mol. The van der Waals surface area contributed by atoms with Crippen LogP contribution in [-0.4, -0.2) is 53.3 Å². The van der Waals surface area contributed by atoms with Gasteiger partial charge in [0.1, 0.15) is 5.69 Å². The highest BCUT2D eigenvalue weighted by Gasteiger charge is 2.22. The number of halogens is 1. The fourth-order valence-electron chi connectivity index (χ4n) is 3.87. The Morgan fingerprint density at radius 2 is 1.73 bits per heavy atom. The van der Waals surface area contributed by atoms with Crippen LogP contribution in [0.1, 0.15) is 16.1 Å². The fraction of sp³-hybridized carbons (Fsp3) is 0.185. The van der Waals surface area contributed by atoms with Crippen molar-refractivity contribution in [2.45, 2.75) is 6.42 Å². The molecule has 3 aromatic carbocycles. The van der Waals surface area contributed by atoms with E-state index in [1.807, 2.05) is 24.3 Å². The zero-order chi connectivity index (χ0) is 26.5. The predicted octanol–water partition coefficient (Wildman–Crippen LogP) is 5.43. The van der Waals surface area contributed by atoms with Crippen LogP contribution in [0.5, 0.6) is 11.5 Å². The Hall–Kier alpha value is -4.37. The Morgan fingerprint density at radius 1 is 1.03 bits per heavy atom. The van der Waals surface area contributed by atoms with Crippen molar-refractivity contribution in [1.82, 2.24) is 14.7 Å². The number of hydrogen-bond acceptors (Lipinski definition) is 6. The number of non-ortho nitro benzene ring substituents is 1. The summed E-state index contributed by atoms with van der Waals surface area (Å²) >= 11 is 6.44. The second-order valence-corrected chi connectivity index (χ2v) is 8.66. The van der Waals surface area contributed by atoms with Gasteiger partial charge in [-0.1, -0.05) is 29.8 Å². The summed E-state index contributed by atoms with van der Waals surface area (Å²) in [4.78, 5) is 25.8. The topological polar surface area (TPSA) is 99.7 Å². The first-order valence-electron chi connectivity index (χ1n) is 11.4. The molecule has 0 N–H and O–H groups in total. The Morgan fingerprint density at radius 3 is 2.38 bits per heavy atom. The van der Waals surface area contributed by atoms with E-state index in [4.69, 9.17) is 21.1 Å². The Balaban J connectivity index is 1.63. The van der Waals surface area contributed by atoms with Crippen molar-refractivity contribution in [2.75, 3.05) is 27.8 Å². The van der Waals surface area contributed by atoms with Crippen LogP contribution in [0.3, 0.4) is 0 Å². The summed E-state index contributed by atoms with van der Waals surface area (Å²) in [5.74, 6) is 1.01. The van der Waals surface area contributed by atoms with Crippen LogP contribution >= 0.6 is 11.6 Å². The number of rotatable bonds is 9. The van der Waals surface area contributed by atoms with Crippen LogP contribution in [0.25, 0.3) is 16.9 Å². The molecule has 0 bridgehead atoms. The first-order chi connectivity index (χ1) is 17.8. The number of para-hydroxylation sites is 1. The van der Waals surface area contributed by atoms with Crippen molar-refractivity contribution >= 4 is 23.2 Å². The lowest BCUT2D eigenvalue weighted by atomic mass is 10.1. The monoisotopic (exact) mass is 520 g/mol. The van der Waals surface area contributed by atoms with E-state index in [9.17, 15) is 14.9 Å². The number of methoxy groups -OCH3 is 2. The second kappa shape index (κ2) is 11.1. The van der Waals surface area contributed by atoms with Crippen LogP contribution in [0.4, 0.5) is 5.69 Å². The van der Waals surface area contributed by atoms with Gasteiger partial charge in [-0.15, -0.1) is 0 Å². The minimum Gasteiger partial charge on any atom is -0.493 e. The molecular formula is C27H25ClN4O5. The van der Waals surface area contributed by atoms with Gasteiger partial charge in [0.15, 0.2) is 11.5 Å². The molecule has 4 rings (SSSR count). The molecule has 1 heterocycles. The normalized spacial score (nSPS) is 10.7. The molecule has 1 aromatic heterocycles. The van der Waals surface area contributed by atoms with Gasteiger partial charge >= 0.3 is 0 Å². The van der Waals surface area contributed by atoms with Crippen molar-refractivity contribution in [1.29, 1.82) is 0 Å². The SMILES string of the molecule is COc1ccc(CCN(C)C(=O)c2cc(-c3ccc([N+](=O)[O-])cc3)nn2-c2ccccc2Cl)cc1OC. The van der Waals surface area contributed by atoms with E-state index >= 15 is 0 Å². The summed E-state index contributed by atoms with van der Waals surface area (Å²) in [6, 6.07) is 20.4. The van der Waals surface area contributed by atoms with Gasteiger partial charge in [-0.25, -0.2) is 4.68 Å². The Labute approximate surface area is 219 Å². The number of benzene rings is 3. The summed E-state index contributed by atoms with van der Waals surface area (Å²) in [6.07, 6.45) is 0.595. The van der Waals surface area contributed by atoms with Crippen LogP contribution in [0.2, 0.25) is 5.02 Å². The molecule has 0 aliphatic carbocycles. The molecule has 0 aliphatic rings. The number of ether oxygens (including phenoxy) is 2. The number of nitro groups is 1. The number of nitro benzene ring substituents is 1. The molecule has 0 fully saturated rings. The quantitative estimate of drug-likeness (QED) is 0.215. The second-order valence-electron chi connectivity index (χ2n) is 8.25. The molecule has 0 saturated carbocycles. The third-order valence-electron chi connectivity index (χ3n) is 5.91. The lowest BCUT2D eigenvalue weighted by Gasteiger charge is -2.18. The average Bonchev–Trinajstić information content (AvgIpc) is 3.36. The summed E-state index contributed by atoms with van der Waals surface area (Å²) in [5, 5.41) is 16.1. The van der Waals surface area contributed by atoms with Crippen molar-refractivity contribution in [3.63, 3.8) is 0 Å². The number of carbonyl (C=O) groups is 1. The van der Waals surface area contributed by atoms with Crippen LogP contribution in [-0.2, 0) is 6.42 Å².